The van der Waals surface area contributed by atoms with Crippen molar-refractivity contribution in [3.63, 3.8) is 0 Å². The maximum absolute atomic E-state index is 13.5. The van der Waals surface area contributed by atoms with Gasteiger partial charge >= 0.3 is 5.97 Å². The third kappa shape index (κ3) is 3.02. The minimum absolute atomic E-state index is 0.314. The number of aromatic carboxylic acids is 1. The molecule has 1 aromatic heterocycles. The van der Waals surface area contributed by atoms with Crippen molar-refractivity contribution in [1.29, 1.82) is 0 Å². The molecule has 1 heterocycles. The maximum atomic E-state index is 13.5. The van der Waals surface area contributed by atoms with Crippen molar-refractivity contribution in [3.8, 4) is 0 Å². The molecule has 19 heavy (non-hydrogen) atoms. The van der Waals surface area contributed by atoms with Crippen LogP contribution >= 0.6 is 23.1 Å². The Kier molecular flexibility index (Phi) is 4.01. The van der Waals surface area contributed by atoms with Crippen LogP contribution in [0.2, 0.25) is 0 Å². The second kappa shape index (κ2) is 5.54. The zero-order chi connectivity index (χ0) is 14.0. The van der Waals surface area contributed by atoms with E-state index in [0.29, 0.717) is 14.4 Å². The maximum Gasteiger partial charge on any atom is 0.339 e. The predicted octanol–water partition coefficient (Wildman–Crippen LogP) is 2.59. The summed E-state index contributed by atoms with van der Waals surface area (Å²) in [6, 6.07) is 4.14. The molecule has 8 heteroatoms. The van der Waals surface area contributed by atoms with Crippen molar-refractivity contribution >= 4 is 34.2 Å². The van der Waals surface area contributed by atoms with Gasteiger partial charge in [-0.25, -0.2) is 9.18 Å². The lowest BCUT2D eigenvalue weighted by Gasteiger charge is -2.05. The molecule has 0 atom stereocenters. The van der Waals surface area contributed by atoms with Crippen LogP contribution in [0.25, 0.3) is 0 Å². The SMILES string of the molecule is CN(C)c1nnc(Sc2cccc(F)c2C(=O)O)s1. The number of carbonyl (C=O) groups is 1. The van der Waals surface area contributed by atoms with Crippen LogP contribution < -0.4 is 4.90 Å². The molecule has 0 saturated heterocycles. The normalized spacial score (nSPS) is 10.5. The third-order valence-electron chi connectivity index (χ3n) is 2.16. The van der Waals surface area contributed by atoms with E-state index in [9.17, 15) is 9.18 Å². The van der Waals surface area contributed by atoms with Gasteiger partial charge in [-0.2, -0.15) is 0 Å². The Morgan fingerprint density at radius 1 is 1.42 bits per heavy atom. The molecule has 2 aromatic rings. The molecule has 2 rings (SSSR count). The molecule has 0 aliphatic rings. The van der Waals surface area contributed by atoms with Crippen LogP contribution in [-0.4, -0.2) is 35.4 Å². The number of anilines is 1. The van der Waals surface area contributed by atoms with Crippen LogP contribution in [0.4, 0.5) is 9.52 Å². The van der Waals surface area contributed by atoms with Gasteiger partial charge in [0.2, 0.25) is 5.13 Å². The minimum atomic E-state index is -1.29. The van der Waals surface area contributed by atoms with E-state index in [1.165, 1.54) is 17.4 Å². The van der Waals surface area contributed by atoms with Crippen LogP contribution in [0.1, 0.15) is 10.4 Å². The first-order valence-electron chi connectivity index (χ1n) is 5.19. The smallest absolute Gasteiger partial charge is 0.339 e. The lowest BCUT2D eigenvalue weighted by Crippen LogP contribution is -2.07. The van der Waals surface area contributed by atoms with E-state index in [1.807, 2.05) is 14.1 Å². The van der Waals surface area contributed by atoms with Crippen molar-refractivity contribution in [1.82, 2.24) is 10.2 Å². The second-order valence-corrected chi connectivity index (χ2v) is 6.01. The Morgan fingerprint density at radius 2 is 2.16 bits per heavy atom. The number of hydrogen-bond acceptors (Lipinski definition) is 6. The highest BCUT2D eigenvalue weighted by molar-refractivity contribution is 8.01. The Labute approximate surface area is 117 Å². The van der Waals surface area contributed by atoms with E-state index >= 15 is 0 Å². The Morgan fingerprint density at radius 3 is 2.74 bits per heavy atom. The summed E-state index contributed by atoms with van der Waals surface area (Å²) in [5.74, 6) is -2.05. The van der Waals surface area contributed by atoms with Gasteiger partial charge in [0, 0.05) is 19.0 Å². The summed E-state index contributed by atoms with van der Waals surface area (Å²) in [5.41, 5.74) is -0.339. The van der Waals surface area contributed by atoms with Crippen molar-refractivity contribution in [2.75, 3.05) is 19.0 Å². The van der Waals surface area contributed by atoms with Gasteiger partial charge in [0.05, 0.1) is 0 Å². The molecule has 0 unspecified atom stereocenters. The van der Waals surface area contributed by atoms with Crippen LogP contribution in [-0.2, 0) is 0 Å². The molecule has 1 N–H and O–H groups in total. The molecular weight excluding hydrogens is 289 g/mol. The highest BCUT2D eigenvalue weighted by Crippen LogP contribution is 2.35. The molecule has 0 aliphatic carbocycles. The van der Waals surface area contributed by atoms with Gasteiger partial charge in [-0.1, -0.05) is 29.2 Å². The standard InChI is InChI=1S/C11H10FN3O2S2/c1-15(2)10-13-14-11(19-10)18-7-5-3-4-6(12)8(7)9(16)17/h3-5H,1-2H3,(H,16,17). The van der Waals surface area contributed by atoms with Crippen LogP contribution in [0.15, 0.2) is 27.4 Å². The number of aromatic nitrogens is 2. The highest BCUT2D eigenvalue weighted by Gasteiger charge is 2.18. The van der Waals surface area contributed by atoms with E-state index in [0.717, 1.165) is 17.8 Å². The number of hydrogen-bond donors (Lipinski definition) is 1. The van der Waals surface area contributed by atoms with Gasteiger partial charge in [0.15, 0.2) is 4.34 Å². The number of benzene rings is 1. The topological polar surface area (TPSA) is 66.3 Å². The zero-order valence-electron chi connectivity index (χ0n) is 10.1. The third-order valence-corrected chi connectivity index (χ3v) is 4.37. The lowest BCUT2D eigenvalue weighted by atomic mass is 10.2. The van der Waals surface area contributed by atoms with Crippen LogP contribution in [0.3, 0.4) is 0 Å². The first kappa shape index (κ1) is 13.8. The largest absolute Gasteiger partial charge is 0.478 e. The summed E-state index contributed by atoms with van der Waals surface area (Å²) in [7, 11) is 3.67. The molecule has 0 aliphatic heterocycles. The summed E-state index contributed by atoms with van der Waals surface area (Å²) in [6.45, 7) is 0. The van der Waals surface area contributed by atoms with E-state index in [4.69, 9.17) is 5.11 Å². The summed E-state index contributed by atoms with van der Waals surface area (Å²) in [6.07, 6.45) is 0. The van der Waals surface area contributed by atoms with Gasteiger partial charge in [0.1, 0.15) is 11.4 Å². The van der Waals surface area contributed by atoms with E-state index < -0.39 is 11.8 Å². The summed E-state index contributed by atoms with van der Waals surface area (Å²) < 4.78 is 14.1. The Bertz CT molecular complexity index is 616. The molecule has 1 aromatic carbocycles. The molecule has 0 radical (unpaired) electrons. The summed E-state index contributed by atoms with van der Waals surface area (Å²) >= 11 is 2.41. The average molecular weight is 299 g/mol. The number of carboxylic acid groups (broad SMARTS) is 1. The van der Waals surface area contributed by atoms with Crippen molar-refractivity contribution in [2.24, 2.45) is 0 Å². The van der Waals surface area contributed by atoms with Crippen molar-refractivity contribution in [3.05, 3.63) is 29.6 Å². The number of nitrogens with zero attached hydrogens (tertiary/aromatic N) is 3. The Balaban J connectivity index is 2.32. The number of rotatable bonds is 4. The van der Waals surface area contributed by atoms with Crippen LogP contribution in [0, 0.1) is 5.82 Å². The van der Waals surface area contributed by atoms with Gasteiger partial charge in [-0.05, 0) is 12.1 Å². The van der Waals surface area contributed by atoms with Crippen molar-refractivity contribution < 1.29 is 14.3 Å². The molecule has 0 fully saturated rings. The monoisotopic (exact) mass is 299 g/mol. The quantitative estimate of drug-likeness (QED) is 0.936. The fraction of sp³-hybridized carbons (Fsp3) is 0.182. The van der Waals surface area contributed by atoms with Crippen molar-refractivity contribution in [2.45, 2.75) is 9.24 Å². The molecule has 0 amide bonds. The predicted molar refractivity (Wildman–Crippen MR) is 71.7 cm³/mol. The molecular formula is C11H10FN3O2S2. The van der Waals surface area contributed by atoms with E-state index in [-0.39, 0.29) is 5.56 Å². The fourth-order valence-corrected chi connectivity index (χ4v) is 3.18. The second-order valence-electron chi connectivity index (χ2n) is 3.77. The fourth-order valence-electron chi connectivity index (χ4n) is 1.32. The summed E-state index contributed by atoms with van der Waals surface area (Å²) in [4.78, 5) is 13.2. The lowest BCUT2D eigenvalue weighted by molar-refractivity contribution is 0.0688. The Hall–Kier alpha value is -1.67. The first-order valence-corrected chi connectivity index (χ1v) is 6.83. The molecule has 0 saturated carbocycles. The highest BCUT2D eigenvalue weighted by atomic mass is 32.2. The first-order chi connectivity index (χ1) is 8.99. The van der Waals surface area contributed by atoms with E-state index in [1.54, 1.807) is 11.0 Å². The summed E-state index contributed by atoms with van der Waals surface area (Å²) in [5, 5.41) is 17.6. The number of carboxylic acids is 1. The molecule has 100 valence electrons. The van der Waals surface area contributed by atoms with Gasteiger partial charge < -0.3 is 10.0 Å². The zero-order valence-corrected chi connectivity index (χ0v) is 11.8. The van der Waals surface area contributed by atoms with Gasteiger partial charge in [-0.3, -0.25) is 0 Å². The molecule has 0 bridgehead atoms. The van der Waals surface area contributed by atoms with Crippen LogP contribution in [0.5, 0.6) is 0 Å². The minimum Gasteiger partial charge on any atom is -0.478 e. The molecule has 5 nitrogen and oxygen atoms in total. The van der Waals surface area contributed by atoms with Gasteiger partial charge in [0.25, 0.3) is 0 Å². The average Bonchev–Trinajstić information content (AvgIpc) is 2.77. The molecule has 0 spiro atoms. The van der Waals surface area contributed by atoms with E-state index in [2.05, 4.69) is 10.2 Å². The number of halogens is 1. The van der Waals surface area contributed by atoms with Gasteiger partial charge in [-0.15, -0.1) is 10.2 Å².